The lowest BCUT2D eigenvalue weighted by atomic mass is 9.89. The van der Waals surface area contributed by atoms with Gasteiger partial charge in [-0.05, 0) is 72.9 Å². The Balaban J connectivity index is 0.000000342. The molecule has 9 nitrogen and oxygen atoms in total. The van der Waals surface area contributed by atoms with Crippen LogP contribution in [0.25, 0.3) is 0 Å². The molecule has 9 heteroatoms. The van der Waals surface area contributed by atoms with Crippen molar-refractivity contribution in [3.05, 3.63) is 70.3 Å². The Morgan fingerprint density at radius 2 is 1.70 bits per heavy atom. The van der Waals surface area contributed by atoms with Gasteiger partial charge < -0.3 is 35.6 Å². The van der Waals surface area contributed by atoms with Gasteiger partial charge in [0.25, 0.3) is 0 Å². The number of carbonyl (C=O) groups is 1. The second-order valence-electron chi connectivity index (χ2n) is 9.96. The highest BCUT2D eigenvalue weighted by Gasteiger charge is 2.44. The maximum Gasteiger partial charge on any atom is 0.320 e. The van der Waals surface area contributed by atoms with Gasteiger partial charge in [-0.1, -0.05) is 36.4 Å². The van der Waals surface area contributed by atoms with Crippen LogP contribution in [0.5, 0.6) is 0 Å². The number of hydrogen-bond donors (Lipinski definition) is 6. The van der Waals surface area contributed by atoms with Crippen molar-refractivity contribution in [1.82, 2.24) is 5.32 Å². The van der Waals surface area contributed by atoms with Gasteiger partial charge in [-0.3, -0.25) is 4.79 Å². The number of nitriles is 1. The maximum atomic E-state index is 10.4. The molecule has 0 bridgehead atoms. The molecular weight excluding hydrogens is 476 g/mol. The summed E-state index contributed by atoms with van der Waals surface area (Å²) >= 11 is 0. The summed E-state index contributed by atoms with van der Waals surface area (Å²) in [6.07, 6.45) is -1.20. The van der Waals surface area contributed by atoms with Crippen LogP contribution in [0.4, 0.5) is 0 Å². The highest BCUT2D eigenvalue weighted by atomic mass is 16.5. The summed E-state index contributed by atoms with van der Waals surface area (Å²) in [5.74, 6) is -0.0317. The molecule has 0 spiro atoms. The van der Waals surface area contributed by atoms with E-state index in [0.717, 1.165) is 30.5 Å². The van der Waals surface area contributed by atoms with Crippen molar-refractivity contribution in [2.24, 2.45) is 0 Å². The van der Waals surface area contributed by atoms with E-state index in [4.69, 9.17) is 9.84 Å². The van der Waals surface area contributed by atoms with Crippen LogP contribution in [0, 0.1) is 11.3 Å². The zero-order valence-electron chi connectivity index (χ0n) is 20.5. The SMILES string of the molecule is N#Cc1ccc(C2O[C@H](CO)[C@@H](O)[C@H](O)[C@H]2O)cc1Cc1ccc(C2CC2)cc1.O=C(O)[C@@H]1CCCN1. The smallest absolute Gasteiger partial charge is 0.320 e. The van der Waals surface area contributed by atoms with E-state index in [0.29, 0.717) is 23.5 Å². The average Bonchev–Trinajstić information content (AvgIpc) is 3.60. The van der Waals surface area contributed by atoms with Crippen LogP contribution in [-0.2, 0) is 16.0 Å². The Labute approximate surface area is 216 Å². The number of carboxylic acid groups (broad SMARTS) is 1. The number of carboxylic acids is 1. The van der Waals surface area contributed by atoms with Crippen molar-refractivity contribution < 1.29 is 35.1 Å². The third-order valence-corrected chi connectivity index (χ3v) is 7.25. The molecule has 5 rings (SSSR count). The van der Waals surface area contributed by atoms with Gasteiger partial charge in [0.15, 0.2) is 0 Å². The molecule has 0 amide bonds. The first kappa shape index (κ1) is 27.2. The third kappa shape index (κ3) is 6.54. The summed E-state index contributed by atoms with van der Waals surface area (Å²) in [5.41, 5.74) is 4.34. The fourth-order valence-corrected chi connectivity index (χ4v) is 4.86. The fourth-order valence-electron chi connectivity index (χ4n) is 4.86. The van der Waals surface area contributed by atoms with Gasteiger partial charge >= 0.3 is 5.97 Å². The molecule has 37 heavy (non-hydrogen) atoms. The Bertz CT molecular complexity index is 1100. The van der Waals surface area contributed by atoms with E-state index in [9.17, 15) is 30.5 Å². The Morgan fingerprint density at radius 1 is 1.00 bits per heavy atom. The first-order valence-corrected chi connectivity index (χ1v) is 12.7. The average molecular weight is 511 g/mol. The minimum absolute atomic E-state index is 0.269. The zero-order chi connectivity index (χ0) is 26.5. The standard InChI is InChI=1S/C23H25NO5.C5H9NO2/c24-11-17-8-7-16(23-22(28)21(27)20(26)19(12-25)29-23)10-18(17)9-13-1-3-14(4-2-13)15-5-6-15;7-5(8)4-2-1-3-6-4/h1-4,7-8,10,15,19-23,25-28H,5-6,9,12H2;4,6H,1-3H2,(H,7,8)/t19-,20-,21+,22-,23?;4-/m10/s1. The fraction of sp³-hybridized carbons (Fsp3) is 0.500. The number of hydrogen-bond acceptors (Lipinski definition) is 8. The summed E-state index contributed by atoms with van der Waals surface area (Å²) in [6, 6.07) is 15.5. The van der Waals surface area contributed by atoms with E-state index in [1.54, 1.807) is 18.2 Å². The Hall–Kier alpha value is -2.84. The number of rotatable bonds is 6. The van der Waals surface area contributed by atoms with E-state index < -0.39 is 43.1 Å². The van der Waals surface area contributed by atoms with E-state index in [1.165, 1.54) is 18.4 Å². The number of aliphatic hydroxyl groups is 4. The second-order valence-corrected chi connectivity index (χ2v) is 9.96. The zero-order valence-corrected chi connectivity index (χ0v) is 20.5. The van der Waals surface area contributed by atoms with Crippen LogP contribution in [0.15, 0.2) is 42.5 Å². The lowest BCUT2D eigenvalue weighted by Crippen LogP contribution is -2.55. The maximum absolute atomic E-state index is 10.4. The van der Waals surface area contributed by atoms with Crippen molar-refractivity contribution in [2.45, 2.75) is 74.6 Å². The number of ether oxygens (including phenoxy) is 1. The summed E-state index contributed by atoms with van der Waals surface area (Å²) in [7, 11) is 0. The van der Waals surface area contributed by atoms with Gasteiger partial charge in [0.05, 0.1) is 18.2 Å². The molecule has 2 aromatic rings. The minimum Gasteiger partial charge on any atom is -0.480 e. The lowest BCUT2D eigenvalue weighted by molar-refractivity contribution is -0.231. The summed E-state index contributed by atoms with van der Waals surface area (Å²) in [6.45, 7) is 0.384. The van der Waals surface area contributed by atoms with Crippen LogP contribution in [0.2, 0.25) is 0 Å². The van der Waals surface area contributed by atoms with Crippen LogP contribution in [0.3, 0.4) is 0 Å². The molecule has 3 aliphatic rings. The van der Waals surface area contributed by atoms with Crippen LogP contribution in [0.1, 0.15) is 65.5 Å². The van der Waals surface area contributed by atoms with Gasteiger partial charge in [-0.15, -0.1) is 0 Å². The van der Waals surface area contributed by atoms with Gasteiger partial charge in [0.1, 0.15) is 36.6 Å². The highest BCUT2D eigenvalue weighted by molar-refractivity contribution is 5.73. The second kappa shape index (κ2) is 12.1. The molecule has 0 radical (unpaired) electrons. The molecule has 2 heterocycles. The molecule has 3 fully saturated rings. The van der Waals surface area contributed by atoms with Gasteiger partial charge in [0.2, 0.25) is 0 Å². The highest BCUT2D eigenvalue weighted by Crippen LogP contribution is 2.40. The largest absolute Gasteiger partial charge is 0.480 e. The number of nitrogens with one attached hydrogen (secondary N) is 1. The third-order valence-electron chi connectivity index (χ3n) is 7.25. The Kier molecular flexibility index (Phi) is 8.92. The number of aliphatic carboxylic acids is 1. The van der Waals surface area contributed by atoms with Gasteiger partial charge in [0, 0.05) is 0 Å². The number of aliphatic hydroxyl groups excluding tert-OH is 4. The molecule has 1 unspecified atom stereocenters. The van der Waals surface area contributed by atoms with Crippen molar-refractivity contribution in [3.63, 3.8) is 0 Å². The number of benzene rings is 2. The van der Waals surface area contributed by atoms with Crippen molar-refractivity contribution in [1.29, 1.82) is 5.26 Å². The number of nitrogens with zero attached hydrogens (tertiary/aromatic N) is 1. The first-order chi connectivity index (χ1) is 17.8. The van der Waals surface area contributed by atoms with Crippen LogP contribution in [-0.4, -0.2) is 75.1 Å². The molecule has 2 aromatic carbocycles. The predicted molar refractivity (Wildman–Crippen MR) is 134 cm³/mol. The summed E-state index contributed by atoms with van der Waals surface area (Å²) < 4.78 is 5.65. The monoisotopic (exact) mass is 510 g/mol. The molecule has 198 valence electrons. The van der Waals surface area contributed by atoms with Crippen molar-refractivity contribution in [3.8, 4) is 6.07 Å². The molecule has 1 aliphatic carbocycles. The molecule has 2 aliphatic heterocycles. The summed E-state index contributed by atoms with van der Waals surface area (Å²) in [4.78, 5) is 10.1. The normalized spacial score (nSPS) is 29.2. The molecular formula is C28H34N2O7. The summed E-state index contributed by atoms with van der Waals surface area (Å²) in [5, 5.41) is 60.5. The topological polar surface area (TPSA) is 163 Å². The minimum atomic E-state index is -1.43. The Morgan fingerprint density at radius 3 is 2.24 bits per heavy atom. The lowest BCUT2D eigenvalue weighted by Gasteiger charge is -2.40. The van der Waals surface area contributed by atoms with Gasteiger partial charge in [-0.2, -0.15) is 5.26 Å². The van der Waals surface area contributed by atoms with Crippen LogP contribution < -0.4 is 5.32 Å². The first-order valence-electron chi connectivity index (χ1n) is 12.7. The molecule has 1 saturated carbocycles. The molecule has 6 atom stereocenters. The van der Waals surface area contributed by atoms with E-state index >= 15 is 0 Å². The molecule has 6 N–H and O–H groups in total. The van der Waals surface area contributed by atoms with E-state index in [2.05, 4.69) is 35.7 Å². The van der Waals surface area contributed by atoms with Crippen molar-refractivity contribution >= 4 is 5.97 Å². The quantitative estimate of drug-likeness (QED) is 0.337. The van der Waals surface area contributed by atoms with E-state index in [1.807, 2.05) is 0 Å². The van der Waals surface area contributed by atoms with Crippen LogP contribution >= 0.6 is 0 Å². The van der Waals surface area contributed by atoms with E-state index in [-0.39, 0.29) is 6.04 Å². The molecule has 2 saturated heterocycles. The van der Waals surface area contributed by atoms with Crippen molar-refractivity contribution in [2.75, 3.05) is 13.2 Å². The molecule has 0 aromatic heterocycles. The van der Waals surface area contributed by atoms with Gasteiger partial charge in [-0.25, -0.2) is 0 Å². The predicted octanol–water partition coefficient (Wildman–Crippen LogP) is 1.36.